The quantitative estimate of drug-likeness (QED) is 0.861. The number of hydrogen-bond acceptors (Lipinski definition) is 4. The summed E-state index contributed by atoms with van der Waals surface area (Å²) in [5.41, 5.74) is 1.47. The molecule has 1 aromatic rings. The lowest BCUT2D eigenvalue weighted by Gasteiger charge is -2.18. The molecule has 0 bridgehead atoms. The van der Waals surface area contributed by atoms with E-state index in [1.807, 2.05) is 30.3 Å². The molecular weight excluding hydrogens is 246 g/mol. The Bertz CT molecular complexity index is 472. The highest BCUT2D eigenvalue weighted by atomic mass is 16.6. The molecule has 2 N–H and O–H groups in total. The molecule has 0 radical (unpaired) electrons. The monoisotopic (exact) mass is 263 g/mol. The van der Waals surface area contributed by atoms with Crippen LogP contribution in [0.2, 0.25) is 0 Å². The molecule has 5 nitrogen and oxygen atoms in total. The number of aliphatic hydroxyl groups excluding tert-OH is 2. The second-order valence-electron chi connectivity index (χ2n) is 4.52. The predicted molar refractivity (Wildman–Crippen MR) is 69.1 cm³/mol. The zero-order chi connectivity index (χ0) is 13.8. The minimum atomic E-state index is -0.917. The molecule has 1 aliphatic carbocycles. The van der Waals surface area contributed by atoms with Crippen molar-refractivity contribution in [3.05, 3.63) is 47.7 Å². The summed E-state index contributed by atoms with van der Waals surface area (Å²) in [4.78, 5) is 13.1. The maximum Gasteiger partial charge on any atom is 0.414 e. The number of hydrogen-bond donors (Lipinski definition) is 2. The Morgan fingerprint density at radius 2 is 2.05 bits per heavy atom. The van der Waals surface area contributed by atoms with Crippen LogP contribution in [0.4, 0.5) is 4.79 Å². The van der Waals surface area contributed by atoms with E-state index in [-0.39, 0.29) is 13.0 Å². The van der Waals surface area contributed by atoms with Gasteiger partial charge in [0.15, 0.2) is 0 Å². The lowest BCUT2D eigenvalue weighted by molar-refractivity contribution is 0.0586. The summed E-state index contributed by atoms with van der Waals surface area (Å²) in [5, 5.41) is 18.8. The van der Waals surface area contributed by atoms with Crippen molar-refractivity contribution < 1.29 is 19.7 Å². The first-order chi connectivity index (χ1) is 9.08. The van der Waals surface area contributed by atoms with Crippen LogP contribution in [0.15, 0.2) is 42.1 Å². The smallest absolute Gasteiger partial charge is 0.414 e. The van der Waals surface area contributed by atoms with Gasteiger partial charge in [0, 0.05) is 19.2 Å². The number of amides is 1. The van der Waals surface area contributed by atoms with E-state index >= 15 is 0 Å². The zero-order valence-corrected chi connectivity index (χ0v) is 10.7. The lowest BCUT2D eigenvalue weighted by Crippen LogP contribution is -2.27. The number of carbonyl (C=O) groups is 1. The molecular formula is C14H17NO4. The van der Waals surface area contributed by atoms with Gasteiger partial charge < -0.3 is 14.9 Å². The summed E-state index contributed by atoms with van der Waals surface area (Å²) < 4.78 is 5.16. The van der Waals surface area contributed by atoms with Crippen LogP contribution in [0.3, 0.4) is 0 Å². The van der Waals surface area contributed by atoms with Crippen molar-refractivity contribution in [3.8, 4) is 0 Å². The number of carbonyl (C=O) groups excluding carboxylic acids is 1. The van der Waals surface area contributed by atoms with Gasteiger partial charge in [-0.25, -0.2) is 4.79 Å². The van der Waals surface area contributed by atoms with Crippen molar-refractivity contribution in [2.45, 2.75) is 25.2 Å². The van der Waals surface area contributed by atoms with E-state index in [2.05, 4.69) is 0 Å². The SMILES string of the molecule is CN(C(=O)OCc1ccccc1)C1=C[C@H](O)[C@H](O)C1. The number of aliphatic hydroxyl groups is 2. The molecule has 2 rings (SSSR count). The standard InChI is InChI=1S/C14H17NO4/c1-15(11-7-12(16)13(17)8-11)14(18)19-9-10-5-3-2-4-6-10/h2-7,12-13,16-17H,8-9H2,1H3/t12-,13+/m0/s1. The Hall–Kier alpha value is -1.85. The van der Waals surface area contributed by atoms with E-state index in [1.165, 1.54) is 11.0 Å². The van der Waals surface area contributed by atoms with Gasteiger partial charge in [-0.1, -0.05) is 30.3 Å². The van der Waals surface area contributed by atoms with Crippen molar-refractivity contribution in [1.29, 1.82) is 0 Å². The Morgan fingerprint density at radius 3 is 2.63 bits per heavy atom. The van der Waals surface area contributed by atoms with Crippen LogP contribution in [0.25, 0.3) is 0 Å². The first kappa shape index (κ1) is 13.6. The van der Waals surface area contributed by atoms with Gasteiger partial charge in [-0.3, -0.25) is 4.90 Å². The van der Waals surface area contributed by atoms with Crippen molar-refractivity contribution in [2.75, 3.05) is 7.05 Å². The minimum absolute atomic E-state index is 0.197. The van der Waals surface area contributed by atoms with Crippen LogP contribution in [-0.4, -0.2) is 40.5 Å². The van der Waals surface area contributed by atoms with Gasteiger partial charge in [0.2, 0.25) is 0 Å². The van der Waals surface area contributed by atoms with Crippen molar-refractivity contribution in [1.82, 2.24) is 4.90 Å². The summed E-state index contributed by atoms with van der Waals surface area (Å²) in [6.45, 7) is 0.197. The lowest BCUT2D eigenvalue weighted by atomic mass is 10.2. The Kier molecular flexibility index (Phi) is 4.19. The zero-order valence-electron chi connectivity index (χ0n) is 10.7. The summed E-state index contributed by atoms with van der Waals surface area (Å²) >= 11 is 0. The molecule has 0 heterocycles. The average molecular weight is 263 g/mol. The summed E-state index contributed by atoms with van der Waals surface area (Å²) in [6, 6.07) is 9.38. The van der Waals surface area contributed by atoms with E-state index < -0.39 is 18.3 Å². The highest BCUT2D eigenvalue weighted by molar-refractivity contribution is 5.69. The highest BCUT2D eigenvalue weighted by Gasteiger charge is 2.28. The van der Waals surface area contributed by atoms with Crippen LogP contribution in [0.5, 0.6) is 0 Å². The molecule has 1 amide bonds. The molecule has 0 aromatic heterocycles. The normalized spacial score (nSPS) is 21.9. The summed E-state index contributed by atoms with van der Waals surface area (Å²) in [6.07, 6.45) is -0.554. The fraction of sp³-hybridized carbons (Fsp3) is 0.357. The molecule has 0 unspecified atom stereocenters. The molecule has 1 aliphatic rings. The number of ether oxygens (including phenoxy) is 1. The topological polar surface area (TPSA) is 70.0 Å². The second-order valence-corrected chi connectivity index (χ2v) is 4.52. The van der Waals surface area contributed by atoms with E-state index in [4.69, 9.17) is 4.74 Å². The first-order valence-electron chi connectivity index (χ1n) is 6.09. The maximum atomic E-state index is 11.8. The Balaban J connectivity index is 1.88. The van der Waals surface area contributed by atoms with Crippen LogP contribution < -0.4 is 0 Å². The largest absolute Gasteiger partial charge is 0.444 e. The predicted octanol–water partition coefficient (Wildman–Crippen LogP) is 1.26. The number of nitrogens with zero attached hydrogens (tertiary/aromatic N) is 1. The molecule has 2 atom stereocenters. The number of benzene rings is 1. The molecule has 102 valence electrons. The Labute approximate surface area is 111 Å². The molecule has 1 aromatic carbocycles. The van der Waals surface area contributed by atoms with E-state index in [1.54, 1.807) is 7.05 Å². The van der Waals surface area contributed by atoms with Gasteiger partial charge >= 0.3 is 6.09 Å². The van der Waals surface area contributed by atoms with Gasteiger partial charge in [-0.15, -0.1) is 0 Å². The minimum Gasteiger partial charge on any atom is -0.444 e. The second kappa shape index (κ2) is 5.86. The molecule has 0 fully saturated rings. The Morgan fingerprint density at radius 1 is 1.37 bits per heavy atom. The third-order valence-electron chi connectivity index (χ3n) is 3.09. The van der Waals surface area contributed by atoms with Crippen LogP contribution in [0, 0.1) is 0 Å². The van der Waals surface area contributed by atoms with E-state index in [9.17, 15) is 15.0 Å². The maximum absolute atomic E-state index is 11.8. The van der Waals surface area contributed by atoms with Gasteiger partial charge in [-0.2, -0.15) is 0 Å². The molecule has 0 spiro atoms. The third kappa shape index (κ3) is 3.33. The van der Waals surface area contributed by atoms with Gasteiger partial charge in [0.05, 0.1) is 6.10 Å². The third-order valence-corrected chi connectivity index (χ3v) is 3.09. The van der Waals surface area contributed by atoms with Gasteiger partial charge in [-0.05, 0) is 11.6 Å². The molecule has 0 saturated heterocycles. The highest BCUT2D eigenvalue weighted by Crippen LogP contribution is 2.22. The van der Waals surface area contributed by atoms with Crippen LogP contribution >= 0.6 is 0 Å². The average Bonchev–Trinajstić information content (AvgIpc) is 2.76. The number of rotatable bonds is 3. The van der Waals surface area contributed by atoms with Crippen molar-refractivity contribution in [3.63, 3.8) is 0 Å². The van der Waals surface area contributed by atoms with E-state index in [0.29, 0.717) is 5.70 Å². The van der Waals surface area contributed by atoms with Crippen molar-refractivity contribution >= 4 is 6.09 Å². The summed E-state index contributed by atoms with van der Waals surface area (Å²) in [7, 11) is 1.56. The van der Waals surface area contributed by atoms with Gasteiger partial charge in [0.25, 0.3) is 0 Å². The van der Waals surface area contributed by atoms with Crippen LogP contribution in [-0.2, 0) is 11.3 Å². The van der Waals surface area contributed by atoms with Gasteiger partial charge in [0.1, 0.15) is 12.7 Å². The summed E-state index contributed by atoms with van der Waals surface area (Å²) in [5.74, 6) is 0. The molecule has 0 saturated carbocycles. The fourth-order valence-electron chi connectivity index (χ4n) is 1.89. The molecule has 19 heavy (non-hydrogen) atoms. The van der Waals surface area contributed by atoms with Crippen LogP contribution in [0.1, 0.15) is 12.0 Å². The van der Waals surface area contributed by atoms with E-state index in [0.717, 1.165) is 5.56 Å². The molecule has 0 aliphatic heterocycles. The molecule has 5 heteroatoms. The first-order valence-corrected chi connectivity index (χ1v) is 6.09. The van der Waals surface area contributed by atoms with Crippen molar-refractivity contribution in [2.24, 2.45) is 0 Å². The fourth-order valence-corrected chi connectivity index (χ4v) is 1.89.